The van der Waals surface area contributed by atoms with Crippen LogP contribution in [0.3, 0.4) is 0 Å². The molecular formula is C22H19FN4O2. The molecule has 29 heavy (non-hydrogen) atoms. The maximum Gasteiger partial charge on any atom is 0.294 e. The van der Waals surface area contributed by atoms with Crippen LogP contribution in [-0.2, 0) is 0 Å². The molecule has 6 nitrogen and oxygen atoms in total. The van der Waals surface area contributed by atoms with E-state index in [1.54, 1.807) is 16.8 Å². The van der Waals surface area contributed by atoms with E-state index in [-0.39, 0.29) is 11.6 Å². The zero-order chi connectivity index (χ0) is 20.5. The molecule has 0 aliphatic carbocycles. The topological polar surface area (TPSA) is 73.0 Å². The van der Waals surface area contributed by atoms with Gasteiger partial charge in [-0.05, 0) is 45.0 Å². The maximum absolute atomic E-state index is 13.4. The Labute approximate surface area is 167 Å². The van der Waals surface area contributed by atoms with Gasteiger partial charge in [0.15, 0.2) is 0 Å². The first-order chi connectivity index (χ1) is 13.9. The molecule has 0 bridgehead atoms. The molecule has 0 radical (unpaired) electrons. The largest absolute Gasteiger partial charge is 0.350 e. The Bertz CT molecular complexity index is 1190. The van der Waals surface area contributed by atoms with Gasteiger partial charge in [0, 0.05) is 11.6 Å². The Hall–Kier alpha value is -3.74. The van der Waals surface area contributed by atoms with Gasteiger partial charge in [-0.25, -0.2) is 9.07 Å². The summed E-state index contributed by atoms with van der Waals surface area (Å²) in [6.45, 7) is 5.73. The van der Waals surface area contributed by atoms with E-state index < -0.39 is 5.91 Å². The Kier molecular flexibility index (Phi) is 4.72. The molecular weight excluding hydrogens is 371 g/mol. The van der Waals surface area contributed by atoms with Crippen LogP contribution in [0.2, 0.25) is 0 Å². The van der Waals surface area contributed by atoms with Gasteiger partial charge in [-0.15, -0.1) is 0 Å². The molecule has 0 saturated carbocycles. The Morgan fingerprint density at radius 1 is 1.07 bits per heavy atom. The van der Waals surface area contributed by atoms with Crippen molar-refractivity contribution in [2.75, 3.05) is 5.32 Å². The van der Waals surface area contributed by atoms with Crippen LogP contribution in [0.25, 0.3) is 16.9 Å². The van der Waals surface area contributed by atoms with Crippen molar-refractivity contribution in [2.24, 2.45) is 0 Å². The number of amides is 1. The summed E-state index contributed by atoms with van der Waals surface area (Å²) in [6.07, 6.45) is 0. The smallest absolute Gasteiger partial charge is 0.294 e. The number of aromatic nitrogens is 3. The Balaban J connectivity index is 1.58. The van der Waals surface area contributed by atoms with E-state index in [4.69, 9.17) is 4.52 Å². The van der Waals surface area contributed by atoms with Crippen LogP contribution < -0.4 is 5.32 Å². The van der Waals surface area contributed by atoms with E-state index >= 15 is 0 Å². The number of halogens is 1. The monoisotopic (exact) mass is 390 g/mol. The number of rotatable bonds is 4. The van der Waals surface area contributed by atoms with E-state index in [2.05, 4.69) is 15.6 Å². The predicted molar refractivity (Wildman–Crippen MR) is 108 cm³/mol. The number of benzene rings is 2. The van der Waals surface area contributed by atoms with Gasteiger partial charge in [-0.2, -0.15) is 5.10 Å². The number of hydrogen-bond acceptors (Lipinski definition) is 4. The fourth-order valence-electron chi connectivity index (χ4n) is 3.10. The minimum atomic E-state index is -0.449. The number of aryl methyl sites for hydroxylation is 2. The van der Waals surface area contributed by atoms with Gasteiger partial charge in [0.1, 0.15) is 11.5 Å². The molecule has 0 fully saturated rings. The van der Waals surface area contributed by atoms with Crippen LogP contribution in [0.5, 0.6) is 0 Å². The van der Waals surface area contributed by atoms with Gasteiger partial charge in [0.05, 0.1) is 22.8 Å². The van der Waals surface area contributed by atoms with Gasteiger partial charge in [0.2, 0.25) is 5.76 Å². The SMILES string of the molecule is Cc1ccc(-n2nc(C)c(NC(=O)c3cc(-c4cccc(F)c4)no3)c2C)cc1. The molecule has 4 aromatic rings. The van der Waals surface area contributed by atoms with Crippen LogP contribution in [0.1, 0.15) is 27.5 Å². The summed E-state index contributed by atoms with van der Waals surface area (Å²) in [5, 5.41) is 11.2. The molecule has 4 rings (SSSR count). The number of nitrogens with one attached hydrogen (secondary N) is 1. The standard InChI is InChI=1S/C22H19FN4O2/c1-13-7-9-18(10-8-13)27-15(3)21(14(2)25-27)24-22(28)20-12-19(26-29-20)16-5-4-6-17(23)11-16/h4-12H,1-3H3,(H,24,28). The fraction of sp³-hybridized carbons (Fsp3) is 0.136. The van der Waals surface area contributed by atoms with Crippen LogP contribution in [0, 0.1) is 26.6 Å². The molecule has 0 spiro atoms. The molecule has 0 atom stereocenters. The number of hydrogen-bond donors (Lipinski definition) is 1. The first-order valence-corrected chi connectivity index (χ1v) is 9.09. The second-order valence-corrected chi connectivity index (χ2v) is 6.83. The number of carbonyl (C=O) groups excluding carboxylic acids is 1. The molecule has 2 aromatic carbocycles. The second-order valence-electron chi connectivity index (χ2n) is 6.83. The van der Waals surface area contributed by atoms with Crippen molar-refractivity contribution < 1.29 is 13.7 Å². The van der Waals surface area contributed by atoms with Crippen LogP contribution >= 0.6 is 0 Å². The van der Waals surface area contributed by atoms with Crippen molar-refractivity contribution in [3.8, 4) is 16.9 Å². The number of carbonyl (C=O) groups is 1. The lowest BCUT2D eigenvalue weighted by Gasteiger charge is -2.06. The van der Waals surface area contributed by atoms with Gasteiger partial charge >= 0.3 is 0 Å². The fourth-order valence-corrected chi connectivity index (χ4v) is 3.10. The average Bonchev–Trinajstić information content (AvgIpc) is 3.30. The Morgan fingerprint density at radius 2 is 1.83 bits per heavy atom. The van der Waals surface area contributed by atoms with Gasteiger partial charge in [-0.1, -0.05) is 35.0 Å². The number of nitrogens with zero attached hydrogens (tertiary/aromatic N) is 3. The summed E-state index contributed by atoms with van der Waals surface area (Å²) in [7, 11) is 0. The molecule has 2 heterocycles. The maximum atomic E-state index is 13.4. The highest BCUT2D eigenvalue weighted by Crippen LogP contribution is 2.25. The lowest BCUT2D eigenvalue weighted by atomic mass is 10.1. The minimum absolute atomic E-state index is 0.0335. The predicted octanol–water partition coefficient (Wildman–Crippen LogP) is 4.84. The molecule has 0 unspecified atom stereocenters. The molecule has 2 aromatic heterocycles. The zero-order valence-corrected chi connectivity index (χ0v) is 16.2. The summed E-state index contributed by atoms with van der Waals surface area (Å²) >= 11 is 0. The van der Waals surface area contributed by atoms with Crippen molar-refractivity contribution in [3.63, 3.8) is 0 Å². The molecule has 0 saturated heterocycles. The lowest BCUT2D eigenvalue weighted by Crippen LogP contribution is -2.12. The van der Waals surface area contributed by atoms with E-state index in [0.717, 1.165) is 16.9 Å². The van der Waals surface area contributed by atoms with E-state index in [1.165, 1.54) is 18.2 Å². The third-order valence-corrected chi connectivity index (χ3v) is 4.66. The highest BCUT2D eigenvalue weighted by molar-refractivity contribution is 6.03. The van der Waals surface area contributed by atoms with Gasteiger partial charge < -0.3 is 9.84 Å². The highest BCUT2D eigenvalue weighted by atomic mass is 19.1. The third kappa shape index (κ3) is 3.67. The van der Waals surface area contributed by atoms with Crippen molar-refractivity contribution in [1.82, 2.24) is 14.9 Å². The zero-order valence-electron chi connectivity index (χ0n) is 16.2. The first-order valence-electron chi connectivity index (χ1n) is 9.09. The first kappa shape index (κ1) is 18.6. The van der Waals surface area contributed by atoms with Crippen molar-refractivity contribution in [3.05, 3.63) is 83.1 Å². The van der Waals surface area contributed by atoms with Crippen LogP contribution in [-0.4, -0.2) is 20.8 Å². The lowest BCUT2D eigenvalue weighted by molar-refractivity contribution is 0.0988. The molecule has 7 heteroatoms. The normalized spacial score (nSPS) is 10.9. The van der Waals surface area contributed by atoms with Gasteiger partial charge in [-0.3, -0.25) is 4.79 Å². The molecule has 146 valence electrons. The summed E-state index contributed by atoms with van der Waals surface area (Å²) in [6, 6.07) is 15.4. The van der Waals surface area contributed by atoms with Crippen LogP contribution in [0.4, 0.5) is 10.1 Å². The summed E-state index contributed by atoms with van der Waals surface area (Å²) in [4.78, 5) is 12.7. The molecule has 0 aliphatic heterocycles. The van der Waals surface area contributed by atoms with Crippen molar-refractivity contribution in [1.29, 1.82) is 0 Å². The van der Waals surface area contributed by atoms with E-state index in [9.17, 15) is 9.18 Å². The average molecular weight is 390 g/mol. The van der Waals surface area contributed by atoms with E-state index in [1.807, 2.05) is 45.0 Å². The molecule has 1 amide bonds. The summed E-state index contributed by atoms with van der Waals surface area (Å²) < 4.78 is 20.4. The quantitative estimate of drug-likeness (QED) is 0.541. The van der Waals surface area contributed by atoms with E-state index in [0.29, 0.717) is 22.6 Å². The van der Waals surface area contributed by atoms with Crippen molar-refractivity contribution in [2.45, 2.75) is 20.8 Å². The third-order valence-electron chi connectivity index (χ3n) is 4.66. The molecule has 0 aliphatic rings. The van der Waals surface area contributed by atoms with Gasteiger partial charge in [0.25, 0.3) is 5.91 Å². The highest BCUT2D eigenvalue weighted by Gasteiger charge is 2.19. The minimum Gasteiger partial charge on any atom is -0.350 e. The number of anilines is 1. The Morgan fingerprint density at radius 3 is 2.55 bits per heavy atom. The molecule has 1 N–H and O–H groups in total. The summed E-state index contributed by atoms with van der Waals surface area (Å²) in [5.41, 5.74) is 5.07. The second kappa shape index (κ2) is 7.35. The summed E-state index contributed by atoms with van der Waals surface area (Å²) in [5.74, 6) is -0.799. The van der Waals surface area contributed by atoms with Crippen molar-refractivity contribution >= 4 is 11.6 Å². The van der Waals surface area contributed by atoms with Crippen LogP contribution in [0.15, 0.2) is 59.1 Å².